The predicted molar refractivity (Wildman–Crippen MR) is 62.7 cm³/mol. The van der Waals surface area contributed by atoms with Crippen LogP contribution < -0.4 is 0 Å². The molecule has 0 bridgehead atoms. The van der Waals surface area contributed by atoms with E-state index in [0.717, 1.165) is 0 Å². The smallest absolute Gasteiger partial charge is 0.255 e. The van der Waals surface area contributed by atoms with Crippen LogP contribution in [0.5, 0.6) is 0 Å². The zero-order valence-corrected chi connectivity index (χ0v) is 10.3. The van der Waals surface area contributed by atoms with E-state index in [1.807, 2.05) is 6.92 Å². The van der Waals surface area contributed by atoms with Gasteiger partial charge >= 0.3 is 6.18 Å². The molecule has 1 aromatic rings. The van der Waals surface area contributed by atoms with Gasteiger partial charge in [0.1, 0.15) is 0 Å². The Bertz CT molecular complexity index is 412. The molecule has 0 aliphatic heterocycles. The number of hydrogen-bond donors (Lipinski definition) is 0. The summed E-state index contributed by atoms with van der Waals surface area (Å²) in [6, 6.07) is 2.91. The lowest BCUT2D eigenvalue weighted by Gasteiger charge is -2.14. The number of rotatable bonds is 3. The molecule has 0 radical (unpaired) electrons. The number of allylic oxidation sites excluding steroid dienone is 2. The van der Waals surface area contributed by atoms with E-state index < -0.39 is 11.7 Å². The third kappa shape index (κ3) is 3.73. The van der Waals surface area contributed by atoms with Gasteiger partial charge in [-0.3, -0.25) is 4.98 Å². The number of alkyl halides is 3. The SMILES string of the molecule is CCC(C)/C=C(/c1ncccc1Cl)C(F)(F)F. The van der Waals surface area contributed by atoms with Crippen LogP contribution in [0.15, 0.2) is 24.4 Å². The first-order valence-electron chi connectivity index (χ1n) is 5.26. The van der Waals surface area contributed by atoms with Crippen molar-refractivity contribution in [1.82, 2.24) is 4.98 Å². The maximum atomic E-state index is 12.9. The molecule has 0 amide bonds. The molecule has 0 spiro atoms. The lowest BCUT2D eigenvalue weighted by atomic mass is 10.0. The Morgan fingerprint density at radius 1 is 1.53 bits per heavy atom. The third-order valence-electron chi connectivity index (χ3n) is 2.41. The van der Waals surface area contributed by atoms with Crippen LogP contribution in [-0.2, 0) is 0 Å². The van der Waals surface area contributed by atoms with Crippen LogP contribution in [0.2, 0.25) is 5.02 Å². The highest BCUT2D eigenvalue weighted by Crippen LogP contribution is 2.36. The third-order valence-corrected chi connectivity index (χ3v) is 2.72. The lowest BCUT2D eigenvalue weighted by Crippen LogP contribution is -2.13. The molecule has 1 atom stereocenters. The quantitative estimate of drug-likeness (QED) is 0.768. The summed E-state index contributed by atoms with van der Waals surface area (Å²) in [6.45, 7) is 3.55. The number of pyridine rings is 1. The van der Waals surface area contributed by atoms with E-state index in [4.69, 9.17) is 11.6 Å². The van der Waals surface area contributed by atoms with E-state index >= 15 is 0 Å². The van der Waals surface area contributed by atoms with E-state index in [0.29, 0.717) is 6.42 Å². The van der Waals surface area contributed by atoms with Crippen LogP contribution in [0.1, 0.15) is 26.0 Å². The van der Waals surface area contributed by atoms with Crippen molar-refractivity contribution in [3.8, 4) is 0 Å². The summed E-state index contributed by atoms with van der Waals surface area (Å²) in [5.41, 5.74) is -0.973. The van der Waals surface area contributed by atoms with Gasteiger partial charge in [0.05, 0.1) is 16.3 Å². The average Bonchev–Trinajstić information content (AvgIpc) is 2.25. The predicted octanol–water partition coefficient (Wildman–Crippen LogP) is 4.73. The highest BCUT2D eigenvalue weighted by atomic mass is 35.5. The van der Waals surface area contributed by atoms with Crippen LogP contribution in [0.3, 0.4) is 0 Å². The minimum Gasteiger partial charge on any atom is -0.255 e. The Hall–Kier alpha value is -1.03. The van der Waals surface area contributed by atoms with Crippen molar-refractivity contribution in [3.05, 3.63) is 35.1 Å². The number of aromatic nitrogens is 1. The zero-order valence-electron chi connectivity index (χ0n) is 9.55. The summed E-state index contributed by atoms with van der Waals surface area (Å²) >= 11 is 5.75. The molecule has 1 rings (SSSR count). The van der Waals surface area contributed by atoms with Crippen LogP contribution in [0, 0.1) is 5.92 Å². The summed E-state index contributed by atoms with van der Waals surface area (Å²) in [5.74, 6) is -0.176. The van der Waals surface area contributed by atoms with Crippen molar-refractivity contribution in [1.29, 1.82) is 0 Å². The van der Waals surface area contributed by atoms with Gasteiger partial charge in [-0.2, -0.15) is 13.2 Å². The molecule has 1 unspecified atom stereocenters. The monoisotopic (exact) mass is 263 g/mol. The van der Waals surface area contributed by atoms with E-state index in [-0.39, 0.29) is 16.6 Å². The van der Waals surface area contributed by atoms with Crippen molar-refractivity contribution in [3.63, 3.8) is 0 Å². The largest absolute Gasteiger partial charge is 0.418 e. The van der Waals surface area contributed by atoms with Crippen LogP contribution in [0.25, 0.3) is 5.57 Å². The summed E-state index contributed by atoms with van der Waals surface area (Å²) in [4.78, 5) is 3.71. The van der Waals surface area contributed by atoms with Crippen LogP contribution in [0.4, 0.5) is 13.2 Å². The molecular formula is C12H13ClF3N. The molecule has 1 aromatic heterocycles. The highest BCUT2D eigenvalue weighted by molar-refractivity contribution is 6.32. The fourth-order valence-corrected chi connectivity index (χ4v) is 1.52. The van der Waals surface area contributed by atoms with Gasteiger partial charge in [-0.05, 0) is 18.1 Å². The highest BCUT2D eigenvalue weighted by Gasteiger charge is 2.36. The zero-order chi connectivity index (χ0) is 13.1. The van der Waals surface area contributed by atoms with Gasteiger partial charge in [0, 0.05) is 6.20 Å². The second-order valence-electron chi connectivity index (χ2n) is 3.80. The van der Waals surface area contributed by atoms with E-state index in [2.05, 4.69) is 4.98 Å². The van der Waals surface area contributed by atoms with Crippen molar-refractivity contribution in [2.45, 2.75) is 26.4 Å². The van der Waals surface area contributed by atoms with Crippen molar-refractivity contribution >= 4 is 17.2 Å². The van der Waals surface area contributed by atoms with Gasteiger partial charge < -0.3 is 0 Å². The van der Waals surface area contributed by atoms with Crippen LogP contribution >= 0.6 is 11.6 Å². The van der Waals surface area contributed by atoms with E-state index in [1.54, 1.807) is 6.92 Å². The second kappa shape index (κ2) is 5.54. The Kier molecular flexibility index (Phi) is 4.57. The molecule has 0 saturated carbocycles. The molecule has 94 valence electrons. The van der Waals surface area contributed by atoms with Gasteiger partial charge in [-0.25, -0.2) is 0 Å². The number of halogens is 4. The first-order chi connectivity index (χ1) is 7.86. The molecule has 0 aromatic carbocycles. The minimum atomic E-state index is -4.44. The van der Waals surface area contributed by atoms with Gasteiger partial charge in [-0.1, -0.05) is 37.9 Å². The summed E-state index contributed by atoms with van der Waals surface area (Å²) in [7, 11) is 0. The Morgan fingerprint density at radius 2 is 2.18 bits per heavy atom. The molecule has 17 heavy (non-hydrogen) atoms. The standard InChI is InChI=1S/C12H13ClF3N/c1-3-8(2)7-9(12(14,15)16)11-10(13)5-4-6-17-11/h4-8H,3H2,1-2H3/b9-7-. The topological polar surface area (TPSA) is 12.9 Å². The van der Waals surface area contributed by atoms with Crippen molar-refractivity contribution < 1.29 is 13.2 Å². The lowest BCUT2D eigenvalue weighted by molar-refractivity contribution is -0.0694. The summed E-state index contributed by atoms with van der Waals surface area (Å²) < 4.78 is 38.7. The Balaban J connectivity index is 3.26. The van der Waals surface area contributed by atoms with E-state index in [9.17, 15) is 13.2 Å². The molecule has 0 aliphatic carbocycles. The first kappa shape index (κ1) is 14.0. The molecular weight excluding hydrogens is 251 g/mol. The molecule has 1 nitrogen and oxygen atoms in total. The molecule has 0 N–H and O–H groups in total. The molecule has 5 heteroatoms. The summed E-state index contributed by atoms with van der Waals surface area (Å²) in [6.07, 6.45) is -1.34. The second-order valence-corrected chi connectivity index (χ2v) is 4.20. The maximum absolute atomic E-state index is 12.9. The first-order valence-corrected chi connectivity index (χ1v) is 5.64. The molecule has 0 aliphatic rings. The molecule has 1 heterocycles. The Labute approximate surface area is 103 Å². The Morgan fingerprint density at radius 3 is 2.65 bits per heavy atom. The van der Waals surface area contributed by atoms with Crippen molar-refractivity contribution in [2.75, 3.05) is 0 Å². The number of nitrogens with zero attached hydrogens (tertiary/aromatic N) is 1. The van der Waals surface area contributed by atoms with Gasteiger partial charge in [0.2, 0.25) is 0 Å². The normalized spacial score (nSPS) is 14.8. The van der Waals surface area contributed by atoms with E-state index in [1.165, 1.54) is 24.4 Å². The number of hydrogen-bond acceptors (Lipinski definition) is 1. The molecule has 0 fully saturated rings. The van der Waals surface area contributed by atoms with Gasteiger partial charge in [0.25, 0.3) is 0 Å². The van der Waals surface area contributed by atoms with Crippen LogP contribution in [-0.4, -0.2) is 11.2 Å². The fourth-order valence-electron chi connectivity index (χ4n) is 1.29. The fraction of sp³-hybridized carbons (Fsp3) is 0.417. The van der Waals surface area contributed by atoms with Gasteiger partial charge in [0.15, 0.2) is 0 Å². The van der Waals surface area contributed by atoms with Crippen molar-refractivity contribution in [2.24, 2.45) is 5.92 Å². The maximum Gasteiger partial charge on any atom is 0.418 e. The molecule has 0 saturated heterocycles. The average molecular weight is 264 g/mol. The summed E-state index contributed by atoms with van der Waals surface area (Å²) in [5, 5.41) is 0.0133. The minimum absolute atomic E-state index is 0.0133. The van der Waals surface area contributed by atoms with Gasteiger partial charge in [-0.15, -0.1) is 0 Å².